The van der Waals surface area contributed by atoms with E-state index in [1.807, 2.05) is 29.2 Å². The number of aromatic hydroxyl groups is 1. The van der Waals surface area contributed by atoms with E-state index in [1.165, 1.54) is 6.07 Å². The van der Waals surface area contributed by atoms with Crippen LogP contribution < -0.4 is 9.64 Å². The number of hydrogen-bond acceptors (Lipinski definition) is 8. The van der Waals surface area contributed by atoms with Gasteiger partial charge in [-0.3, -0.25) is 0 Å². The molecule has 2 saturated heterocycles. The number of benzene rings is 3. The first-order valence-corrected chi connectivity index (χ1v) is 13.8. The molecule has 2 aliphatic rings. The molecule has 0 radical (unpaired) electrons. The number of aromatic nitrogens is 2. The summed E-state index contributed by atoms with van der Waals surface area (Å²) in [6.07, 6.45) is 2.86. The van der Waals surface area contributed by atoms with Crippen LogP contribution in [0.1, 0.15) is 31.2 Å². The summed E-state index contributed by atoms with van der Waals surface area (Å²) >= 11 is 0. The molecule has 2 aliphatic heterocycles. The van der Waals surface area contributed by atoms with E-state index in [0.29, 0.717) is 54.9 Å². The van der Waals surface area contributed by atoms with E-state index >= 15 is 4.39 Å². The van der Waals surface area contributed by atoms with Crippen LogP contribution in [-0.2, 0) is 6.42 Å². The van der Waals surface area contributed by atoms with Crippen molar-refractivity contribution in [2.24, 2.45) is 0 Å². The van der Waals surface area contributed by atoms with E-state index in [1.54, 1.807) is 12.1 Å². The second kappa shape index (κ2) is 10.9. The number of piperidine rings is 1. The lowest BCUT2D eigenvalue weighted by Gasteiger charge is -2.31. The summed E-state index contributed by atoms with van der Waals surface area (Å²) in [6, 6.07) is 14.9. The highest BCUT2D eigenvalue weighted by Crippen LogP contribution is 2.41. The van der Waals surface area contributed by atoms with Crippen LogP contribution in [0.3, 0.4) is 0 Å². The molecule has 0 saturated carbocycles. The Morgan fingerprint density at radius 2 is 1.88 bits per heavy atom. The molecule has 9 heteroatoms. The minimum absolute atomic E-state index is 0.0102. The first kappa shape index (κ1) is 26.2. The van der Waals surface area contributed by atoms with Crippen molar-refractivity contribution < 1.29 is 19.3 Å². The molecule has 0 bridgehead atoms. The number of phenolic OH excluding ortho intramolecular Hbond substituents is 1. The van der Waals surface area contributed by atoms with Gasteiger partial charge in [0.15, 0.2) is 5.82 Å². The van der Waals surface area contributed by atoms with Gasteiger partial charge in [-0.15, -0.1) is 0 Å². The Kier molecular flexibility index (Phi) is 7.13. The van der Waals surface area contributed by atoms with Gasteiger partial charge in [0.2, 0.25) is 0 Å². The van der Waals surface area contributed by atoms with Gasteiger partial charge in [0, 0.05) is 30.1 Å². The molecule has 206 valence electrons. The lowest BCUT2D eigenvalue weighted by atomic mass is 9.91. The first-order valence-electron chi connectivity index (χ1n) is 13.8. The average molecular weight is 542 g/mol. The fourth-order valence-corrected chi connectivity index (χ4v) is 6.00. The third-order valence-corrected chi connectivity index (χ3v) is 8.20. The van der Waals surface area contributed by atoms with Crippen molar-refractivity contribution in [3.8, 4) is 29.0 Å². The van der Waals surface area contributed by atoms with E-state index in [2.05, 4.69) is 23.0 Å². The van der Waals surface area contributed by atoms with Gasteiger partial charge >= 0.3 is 6.01 Å². The number of nitriles is 1. The highest BCUT2D eigenvalue weighted by molar-refractivity contribution is 6.02. The maximum atomic E-state index is 16.8. The van der Waals surface area contributed by atoms with Crippen molar-refractivity contribution >= 4 is 27.5 Å². The number of aliphatic hydroxyl groups excluding tert-OH is 1. The number of halogens is 1. The molecule has 6 rings (SSSR count). The van der Waals surface area contributed by atoms with E-state index in [0.717, 1.165) is 30.2 Å². The van der Waals surface area contributed by atoms with Crippen LogP contribution in [0.2, 0.25) is 0 Å². The Morgan fingerprint density at radius 1 is 1.07 bits per heavy atom. The quantitative estimate of drug-likeness (QED) is 0.359. The maximum Gasteiger partial charge on any atom is 0.319 e. The Labute approximate surface area is 232 Å². The number of likely N-dealkylation sites (N-methyl/N-ethyl adjacent to an activating group) is 1. The molecule has 1 aromatic heterocycles. The van der Waals surface area contributed by atoms with Gasteiger partial charge in [-0.1, -0.05) is 24.3 Å². The monoisotopic (exact) mass is 541 g/mol. The number of rotatable bonds is 6. The molecule has 1 atom stereocenters. The summed E-state index contributed by atoms with van der Waals surface area (Å²) in [4.78, 5) is 13.6. The van der Waals surface area contributed by atoms with E-state index in [4.69, 9.17) is 9.72 Å². The number of aliphatic hydroxyl groups is 1. The minimum atomic E-state index is -0.581. The molecular formula is C31H32FN5O3. The first-order chi connectivity index (χ1) is 19.4. The van der Waals surface area contributed by atoms with E-state index in [-0.39, 0.29) is 41.4 Å². The molecule has 40 heavy (non-hydrogen) atoms. The van der Waals surface area contributed by atoms with Gasteiger partial charge in [0.1, 0.15) is 23.7 Å². The maximum absolute atomic E-state index is 16.8. The molecule has 0 spiro atoms. The van der Waals surface area contributed by atoms with Crippen molar-refractivity contribution in [1.82, 2.24) is 14.9 Å². The number of phenols is 1. The molecule has 0 unspecified atom stereocenters. The van der Waals surface area contributed by atoms with Crippen LogP contribution in [0.25, 0.3) is 32.8 Å². The fraction of sp³-hybridized carbons (Fsp3) is 0.387. The molecule has 2 N–H and O–H groups in total. The minimum Gasteiger partial charge on any atom is -0.508 e. The normalized spacial score (nSPS) is 18.4. The Hall–Kier alpha value is -4.00. The van der Waals surface area contributed by atoms with Crippen LogP contribution in [-0.4, -0.2) is 70.5 Å². The van der Waals surface area contributed by atoms with Crippen molar-refractivity contribution in [3.05, 3.63) is 53.8 Å². The van der Waals surface area contributed by atoms with Crippen molar-refractivity contribution in [3.63, 3.8) is 0 Å². The predicted molar refractivity (Wildman–Crippen MR) is 152 cm³/mol. The number of ether oxygens (including phenoxy) is 1. The predicted octanol–water partition coefficient (Wildman–Crippen LogP) is 4.79. The topological polar surface area (TPSA) is 106 Å². The average Bonchev–Trinajstić information content (AvgIpc) is 3.36. The van der Waals surface area contributed by atoms with Crippen LogP contribution in [0.4, 0.5) is 10.2 Å². The molecule has 4 aromatic rings. The van der Waals surface area contributed by atoms with Crippen LogP contribution >= 0.6 is 0 Å². The summed E-state index contributed by atoms with van der Waals surface area (Å²) in [5.74, 6) is -0.0322. The van der Waals surface area contributed by atoms with Gasteiger partial charge in [0.25, 0.3) is 0 Å². The third-order valence-electron chi connectivity index (χ3n) is 8.20. The number of fused-ring (bicyclic) bond motifs is 2. The van der Waals surface area contributed by atoms with Gasteiger partial charge in [-0.2, -0.15) is 15.2 Å². The van der Waals surface area contributed by atoms with E-state index in [9.17, 15) is 15.5 Å². The zero-order valence-electron chi connectivity index (χ0n) is 22.5. The largest absolute Gasteiger partial charge is 0.508 e. The van der Waals surface area contributed by atoms with Crippen LogP contribution in [0.15, 0.2) is 42.5 Å². The van der Waals surface area contributed by atoms with Crippen LogP contribution in [0, 0.1) is 17.1 Å². The highest BCUT2D eigenvalue weighted by atomic mass is 19.1. The number of likely N-dealkylation sites (tertiary alicyclic amines) is 1. The van der Waals surface area contributed by atoms with Crippen LogP contribution in [0.5, 0.6) is 11.8 Å². The lowest BCUT2D eigenvalue weighted by Crippen LogP contribution is -2.36. The third kappa shape index (κ3) is 4.89. The summed E-state index contributed by atoms with van der Waals surface area (Å²) in [5.41, 5.74) is 1.33. The van der Waals surface area contributed by atoms with Gasteiger partial charge in [-0.05, 0) is 79.4 Å². The SMILES string of the molecule is CN1CCC[C@H]1COc1nc(N2CCC(O)CC2)c2cc(CC#N)c(-c3cc(O)cc4ccccc34)c(F)c2n1. The molecule has 3 heterocycles. The molecule has 0 aliphatic carbocycles. The van der Waals surface area contributed by atoms with Crippen molar-refractivity contribution in [2.45, 2.75) is 44.2 Å². The summed E-state index contributed by atoms with van der Waals surface area (Å²) in [7, 11) is 2.06. The van der Waals surface area contributed by atoms with Gasteiger partial charge < -0.3 is 24.7 Å². The van der Waals surface area contributed by atoms with Crippen molar-refractivity contribution in [2.75, 3.05) is 38.2 Å². The van der Waals surface area contributed by atoms with Gasteiger partial charge in [-0.25, -0.2) is 4.39 Å². The van der Waals surface area contributed by atoms with E-state index < -0.39 is 5.82 Å². The molecule has 2 fully saturated rings. The van der Waals surface area contributed by atoms with Gasteiger partial charge in [0.05, 0.1) is 18.6 Å². The Morgan fingerprint density at radius 3 is 2.62 bits per heavy atom. The zero-order valence-corrected chi connectivity index (χ0v) is 22.5. The lowest BCUT2D eigenvalue weighted by molar-refractivity contribution is 0.145. The standard InChI is InChI=1S/C31H32FN5O3/c1-36-12-4-6-21(36)18-40-31-34-29-26(30(35-31)37-13-9-22(38)10-14-37)16-20(8-11-33)27(28(29)32)25-17-23(39)15-19-5-2-3-7-24(19)25/h2-3,5,7,15-17,21-22,38-39H,4,6,8-10,12-14,18H2,1H3/t21-/m0/s1. The molecule has 3 aromatic carbocycles. The fourth-order valence-electron chi connectivity index (χ4n) is 6.00. The number of nitrogens with zero attached hydrogens (tertiary/aromatic N) is 5. The number of hydrogen-bond donors (Lipinski definition) is 2. The molecular weight excluding hydrogens is 509 g/mol. The Balaban J connectivity index is 1.55. The number of anilines is 1. The second-order valence-corrected chi connectivity index (χ2v) is 10.8. The smallest absolute Gasteiger partial charge is 0.319 e. The summed E-state index contributed by atoms with van der Waals surface area (Å²) < 4.78 is 22.9. The zero-order chi connectivity index (χ0) is 27.8. The highest BCUT2D eigenvalue weighted by Gasteiger charge is 2.27. The Bertz CT molecular complexity index is 1610. The molecule has 8 nitrogen and oxygen atoms in total. The summed E-state index contributed by atoms with van der Waals surface area (Å²) in [5, 5.41) is 32.3. The van der Waals surface area contributed by atoms with Crippen molar-refractivity contribution in [1.29, 1.82) is 5.26 Å². The second-order valence-electron chi connectivity index (χ2n) is 10.8. The summed E-state index contributed by atoms with van der Waals surface area (Å²) in [6.45, 7) is 2.53. The molecule has 0 amide bonds.